The molecule has 2 aromatic rings. The first-order valence-electron chi connectivity index (χ1n) is 5.71. The third kappa shape index (κ3) is 3.35. The predicted octanol–water partition coefficient (Wildman–Crippen LogP) is 2.70. The molecule has 0 radical (unpaired) electrons. The Bertz CT molecular complexity index is 558. The van der Waals surface area contributed by atoms with E-state index in [-0.39, 0.29) is 12.4 Å². The number of hydrogen-bond donors (Lipinski definition) is 1. The van der Waals surface area contributed by atoms with Gasteiger partial charge in [0.05, 0.1) is 12.9 Å². The first-order chi connectivity index (χ1) is 9.20. The van der Waals surface area contributed by atoms with Gasteiger partial charge in [-0.1, -0.05) is 12.1 Å². The topological polar surface area (TPSA) is 68.9 Å². The summed E-state index contributed by atoms with van der Waals surface area (Å²) in [5.41, 5.74) is 1.50. The third-order valence-electron chi connectivity index (χ3n) is 2.54. The number of benzene rings is 1. The summed E-state index contributed by atoms with van der Waals surface area (Å²) in [4.78, 5) is 10.9. The third-order valence-corrected chi connectivity index (χ3v) is 2.54. The molecule has 1 aromatic carbocycles. The number of carboxylic acid groups (broad SMARTS) is 1. The zero-order chi connectivity index (χ0) is 13.7. The van der Waals surface area contributed by atoms with Gasteiger partial charge in [-0.15, -0.1) is 0 Å². The second kappa shape index (κ2) is 6.06. The molecular weight excluding hydrogens is 248 g/mol. The first kappa shape index (κ1) is 13.2. The molecule has 0 fully saturated rings. The van der Waals surface area contributed by atoms with Crippen LogP contribution in [0.1, 0.15) is 21.7 Å². The van der Waals surface area contributed by atoms with Crippen LogP contribution in [-0.2, 0) is 18.0 Å². The molecule has 1 N–H and O–H groups in total. The maximum atomic E-state index is 10.9. The molecule has 5 heteroatoms. The van der Waals surface area contributed by atoms with Crippen LogP contribution in [0.3, 0.4) is 0 Å². The quantitative estimate of drug-likeness (QED) is 0.866. The Morgan fingerprint density at radius 2 is 2.16 bits per heavy atom. The van der Waals surface area contributed by atoms with Crippen molar-refractivity contribution in [1.82, 2.24) is 0 Å². The standard InChI is InChI=1S/C14H14O5/c1-17-8-10-3-2-4-12(7-10)19-9-11-5-6-18-13(11)14(15)16/h2-7H,8-9H2,1H3,(H,15,16). The van der Waals surface area contributed by atoms with Gasteiger partial charge in [-0.3, -0.25) is 0 Å². The minimum absolute atomic E-state index is 0.0898. The Kier molecular flexibility index (Phi) is 4.20. The Labute approximate surface area is 110 Å². The molecule has 0 aliphatic rings. The van der Waals surface area contributed by atoms with Gasteiger partial charge in [-0.2, -0.15) is 0 Å². The number of methoxy groups -OCH3 is 1. The second-order valence-corrected chi connectivity index (χ2v) is 3.95. The number of carboxylic acids is 1. The van der Waals surface area contributed by atoms with Crippen LogP contribution in [0.4, 0.5) is 0 Å². The van der Waals surface area contributed by atoms with Gasteiger partial charge in [0.15, 0.2) is 0 Å². The van der Waals surface area contributed by atoms with Gasteiger partial charge in [0, 0.05) is 12.7 Å². The Morgan fingerprint density at radius 3 is 2.89 bits per heavy atom. The van der Waals surface area contributed by atoms with E-state index in [0.717, 1.165) is 5.56 Å². The van der Waals surface area contributed by atoms with Gasteiger partial charge in [0.25, 0.3) is 0 Å². The number of hydrogen-bond acceptors (Lipinski definition) is 4. The highest BCUT2D eigenvalue weighted by molar-refractivity contribution is 5.86. The van der Waals surface area contributed by atoms with E-state index in [0.29, 0.717) is 17.9 Å². The van der Waals surface area contributed by atoms with Gasteiger partial charge in [-0.25, -0.2) is 4.79 Å². The Balaban J connectivity index is 2.04. The average molecular weight is 262 g/mol. The average Bonchev–Trinajstić information content (AvgIpc) is 2.86. The highest BCUT2D eigenvalue weighted by Gasteiger charge is 2.14. The lowest BCUT2D eigenvalue weighted by molar-refractivity contribution is 0.0658. The summed E-state index contributed by atoms with van der Waals surface area (Å²) in [5.74, 6) is -0.531. The number of ether oxygens (including phenoxy) is 2. The number of furan rings is 1. The Hall–Kier alpha value is -2.27. The van der Waals surface area contributed by atoms with Crippen LogP contribution in [-0.4, -0.2) is 18.2 Å². The summed E-state index contributed by atoms with van der Waals surface area (Å²) in [6.07, 6.45) is 1.34. The zero-order valence-corrected chi connectivity index (χ0v) is 10.5. The van der Waals surface area contributed by atoms with Crippen molar-refractivity contribution in [1.29, 1.82) is 0 Å². The smallest absolute Gasteiger partial charge is 0.372 e. The van der Waals surface area contributed by atoms with Crippen molar-refractivity contribution in [2.75, 3.05) is 7.11 Å². The molecule has 0 aliphatic carbocycles. The lowest BCUT2D eigenvalue weighted by Crippen LogP contribution is -2.02. The molecule has 1 heterocycles. The molecule has 100 valence electrons. The van der Waals surface area contributed by atoms with E-state index in [1.165, 1.54) is 6.26 Å². The van der Waals surface area contributed by atoms with Crippen LogP contribution >= 0.6 is 0 Å². The largest absolute Gasteiger partial charge is 0.489 e. The second-order valence-electron chi connectivity index (χ2n) is 3.95. The molecule has 5 nitrogen and oxygen atoms in total. The fourth-order valence-electron chi connectivity index (χ4n) is 1.69. The van der Waals surface area contributed by atoms with Gasteiger partial charge in [0.2, 0.25) is 5.76 Å². The number of aromatic carboxylic acids is 1. The van der Waals surface area contributed by atoms with Gasteiger partial charge >= 0.3 is 5.97 Å². The van der Waals surface area contributed by atoms with Crippen molar-refractivity contribution < 1.29 is 23.8 Å². The molecule has 0 atom stereocenters. The molecule has 0 unspecified atom stereocenters. The number of carbonyl (C=O) groups is 1. The molecule has 19 heavy (non-hydrogen) atoms. The lowest BCUT2D eigenvalue weighted by atomic mass is 10.2. The van der Waals surface area contributed by atoms with Crippen molar-refractivity contribution in [3.05, 3.63) is 53.5 Å². The van der Waals surface area contributed by atoms with E-state index >= 15 is 0 Å². The van der Waals surface area contributed by atoms with Crippen LogP contribution in [0.15, 0.2) is 41.0 Å². The summed E-state index contributed by atoms with van der Waals surface area (Å²) in [5, 5.41) is 8.90. The predicted molar refractivity (Wildman–Crippen MR) is 67.2 cm³/mol. The molecular formula is C14H14O5. The summed E-state index contributed by atoms with van der Waals surface area (Å²) >= 11 is 0. The SMILES string of the molecule is COCc1cccc(OCc2ccoc2C(=O)O)c1. The van der Waals surface area contributed by atoms with Gasteiger partial charge in [-0.05, 0) is 23.8 Å². The minimum atomic E-state index is -1.10. The maximum absolute atomic E-state index is 10.9. The molecule has 0 saturated carbocycles. The van der Waals surface area contributed by atoms with E-state index in [1.54, 1.807) is 19.2 Å². The molecule has 1 aromatic heterocycles. The fourth-order valence-corrected chi connectivity index (χ4v) is 1.69. The van der Waals surface area contributed by atoms with Gasteiger partial charge < -0.3 is 19.0 Å². The molecule has 0 amide bonds. The first-order valence-corrected chi connectivity index (χ1v) is 5.71. The summed E-state index contributed by atoms with van der Waals surface area (Å²) in [6, 6.07) is 9.03. The molecule has 0 spiro atoms. The number of rotatable bonds is 6. The summed E-state index contributed by atoms with van der Waals surface area (Å²) in [7, 11) is 1.62. The van der Waals surface area contributed by atoms with Crippen LogP contribution in [0.5, 0.6) is 5.75 Å². The molecule has 0 bridgehead atoms. The van der Waals surface area contributed by atoms with E-state index in [2.05, 4.69) is 0 Å². The lowest BCUT2D eigenvalue weighted by Gasteiger charge is -2.07. The van der Waals surface area contributed by atoms with Crippen molar-refractivity contribution in [3.63, 3.8) is 0 Å². The van der Waals surface area contributed by atoms with Crippen molar-refractivity contribution in [2.24, 2.45) is 0 Å². The molecule has 0 saturated heterocycles. The normalized spacial score (nSPS) is 10.4. The van der Waals surface area contributed by atoms with Crippen molar-refractivity contribution in [2.45, 2.75) is 13.2 Å². The molecule has 0 aliphatic heterocycles. The molecule has 2 rings (SSSR count). The van der Waals surface area contributed by atoms with Crippen LogP contribution in [0.2, 0.25) is 0 Å². The maximum Gasteiger partial charge on any atom is 0.372 e. The summed E-state index contributed by atoms with van der Waals surface area (Å²) in [6.45, 7) is 0.651. The highest BCUT2D eigenvalue weighted by Crippen LogP contribution is 2.18. The minimum Gasteiger partial charge on any atom is -0.489 e. The van der Waals surface area contributed by atoms with E-state index in [4.69, 9.17) is 19.0 Å². The Morgan fingerprint density at radius 1 is 1.32 bits per heavy atom. The zero-order valence-electron chi connectivity index (χ0n) is 10.5. The summed E-state index contributed by atoms with van der Waals surface area (Å²) < 4.78 is 15.5. The van der Waals surface area contributed by atoms with E-state index in [9.17, 15) is 4.79 Å². The monoisotopic (exact) mass is 262 g/mol. The van der Waals surface area contributed by atoms with Crippen LogP contribution in [0, 0.1) is 0 Å². The van der Waals surface area contributed by atoms with Crippen molar-refractivity contribution >= 4 is 5.97 Å². The van der Waals surface area contributed by atoms with Crippen molar-refractivity contribution in [3.8, 4) is 5.75 Å². The van der Waals surface area contributed by atoms with E-state index in [1.807, 2.05) is 18.2 Å². The van der Waals surface area contributed by atoms with E-state index < -0.39 is 5.97 Å². The van der Waals surface area contributed by atoms with Crippen LogP contribution in [0.25, 0.3) is 0 Å². The fraction of sp³-hybridized carbons (Fsp3) is 0.214. The van der Waals surface area contributed by atoms with Gasteiger partial charge in [0.1, 0.15) is 12.4 Å². The van der Waals surface area contributed by atoms with Crippen LogP contribution < -0.4 is 4.74 Å². The highest BCUT2D eigenvalue weighted by atomic mass is 16.5.